The maximum absolute atomic E-state index is 12.2. The fourth-order valence-electron chi connectivity index (χ4n) is 1.59. The van der Waals surface area contributed by atoms with E-state index < -0.39 is 6.61 Å². The fourth-order valence-corrected chi connectivity index (χ4v) is 1.59. The van der Waals surface area contributed by atoms with Gasteiger partial charge in [0.05, 0.1) is 18.2 Å². The summed E-state index contributed by atoms with van der Waals surface area (Å²) in [6, 6.07) is 6.12. The molecule has 7 heteroatoms. The minimum atomic E-state index is -2.91. The van der Waals surface area contributed by atoms with Crippen LogP contribution in [-0.2, 0) is 0 Å². The van der Waals surface area contributed by atoms with Crippen LogP contribution in [0.4, 0.5) is 8.78 Å². The normalized spacial score (nSPS) is 10.5. The molecule has 0 atom stereocenters. The van der Waals surface area contributed by atoms with Crippen molar-refractivity contribution in [3.8, 4) is 22.6 Å². The molecule has 0 aliphatic carbocycles. The lowest BCUT2D eigenvalue weighted by Gasteiger charge is -2.11. The number of hydrogen-bond donors (Lipinski definition) is 1. The van der Waals surface area contributed by atoms with Crippen molar-refractivity contribution in [2.45, 2.75) is 6.61 Å². The number of H-pyrrole nitrogens is 1. The molecule has 1 heterocycles. The second kappa shape index (κ2) is 5.47. The third kappa shape index (κ3) is 3.06. The van der Waals surface area contributed by atoms with Crippen LogP contribution in [0.1, 0.15) is 0 Å². The van der Waals surface area contributed by atoms with E-state index in [1.807, 2.05) is 0 Å². The Bertz CT molecular complexity index is 608. The summed E-state index contributed by atoms with van der Waals surface area (Å²) in [6.07, 6.45) is 2.79. The molecule has 1 aromatic heterocycles. The molecule has 5 nitrogen and oxygen atoms in total. The molecular weight excluding hydrogens is 258 g/mol. The minimum absolute atomic E-state index is 0.0416. The Labute approximate surface area is 107 Å². The Morgan fingerprint density at radius 2 is 2.00 bits per heavy atom. The molecule has 0 bridgehead atoms. The van der Waals surface area contributed by atoms with Gasteiger partial charge in [0, 0.05) is 11.6 Å². The number of hydrogen-bond acceptors (Lipinski definition) is 3. The molecular formula is C12H11F2N2O3+. The van der Waals surface area contributed by atoms with Gasteiger partial charge in [-0.05, 0) is 17.7 Å². The molecule has 0 unspecified atom stereocenters. The van der Waals surface area contributed by atoms with Crippen molar-refractivity contribution in [2.24, 2.45) is 0 Å². The lowest BCUT2D eigenvalue weighted by molar-refractivity contribution is -0.564. The van der Waals surface area contributed by atoms with Gasteiger partial charge >= 0.3 is 6.61 Å². The van der Waals surface area contributed by atoms with E-state index in [4.69, 9.17) is 4.74 Å². The van der Waals surface area contributed by atoms with Crippen molar-refractivity contribution in [3.63, 3.8) is 0 Å². The van der Waals surface area contributed by atoms with Crippen LogP contribution in [0.5, 0.6) is 11.5 Å². The molecule has 0 radical (unpaired) electrons. The van der Waals surface area contributed by atoms with E-state index in [0.717, 1.165) is 0 Å². The van der Waals surface area contributed by atoms with E-state index in [1.54, 1.807) is 18.2 Å². The topological polar surface area (TPSA) is 57.2 Å². The standard InChI is InChI=1S/C12H11F2N2O3/c1-18-11-6-8(2-3-10(11)19-12(13)14)9-4-5-16(17)15-7-9/h2-7,12H,1H3,(H,15,17)/q+1. The van der Waals surface area contributed by atoms with Gasteiger partial charge < -0.3 is 9.47 Å². The molecule has 0 fully saturated rings. The summed E-state index contributed by atoms with van der Waals surface area (Å²) in [4.78, 5) is 10.9. The van der Waals surface area contributed by atoms with E-state index in [-0.39, 0.29) is 11.5 Å². The van der Waals surface area contributed by atoms with E-state index in [9.17, 15) is 13.7 Å². The number of rotatable bonds is 4. The van der Waals surface area contributed by atoms with Crippen LogP contribution in [0.2, 0.25) is 0 Å². The highest BCUT2D eigenvalue weighted by molar-refractivity contribution is 5.65. The van der Waals surface area contributed by atoms with E-state index >= 15 is 0 Å². The molecule has 2 aromatic rings. The number of halogens is 2. The van der Waals surface area contributed by atoms with Gasteiger partial charge in [-0.15, -0.1) is 5.10 Å². The highest BCUT2D eigenvalue weighted by Gasteiger charge is 2.12. The van der Waals surface area contributed by atoms with E-state index in [1.165, 1.54) is 25.6 Å². The SMILES string of the molecule is COc1cc(-c2cc[n+](=O)[nH]c2)ccc1OC(F)F. The highest BCUT2D eigenvalue weighted by Crippen LogP contribution is 2.32. The minimum Gasteiger partial charge on any atom is -0.493 e. The van der Waals surface area contributed by atoms with Crippen LogP contribution in [0, 0.1) is 4.91 Å². The van der Waals surface area contributed by atoms with Crippen molar-refractivity contribution < 1.29 is 22.8 Å². The molecule has 1 N–H and O–H groups in total. The zero-order valence-electron chi connectivity index (χ0n) is 9.97. The van der Waals surface area contributed by atoms with Gasteiger partial charge in [-0.1, -0.05) is 6.07 Å². The Balaban J connectivity index is 2.38. The summed E-state index contributed by atoms with van der Waals surface area (Å²) >= 11 is 0. The Kier molecular flexibility index (Phi) is 3.74. The van der Waals surface area contributed by atoms with Crippen LogP contribution in [0.25, 0.3) is 11.1 Å². The zero-order chi connectivity index (χ0) is 13.8. The first-order valence-electron chi connectivity index (χ1n) is 5.34. The lowest BCUT2D eigenvalue weighted by atomic mass is 10.1. The summed E-state index contributed by atoms with van der Waals surface area (Å²) in [5.41, 5.74) is 1.42. The quantitative estimate of drug-likeness (QED) is 0.866. The number of alkyl halides is 2. The molecule has 100 valence electrons. The second-order valence-electron chi connectivity index (χ2n) is 3.61. The number of aromatic amines is 1. The van der Waals surface area contributed by atoms with Crippen molar-refractivity contribution in [3.05, 3.63) is 41.6 Å². The average Bonchev–Trinajstić information content (AvgIpc) is 2.39. The van der Waals surface area contributed by atoms with Crippen molar-refractivity contribution in [2.75, 3.05) is 7.11 Å². The second-order valence-corrected chi connectivity index (χ2v) is 3.61. The first kappa shape index (κ1) is 13.0. The van der Waals surface area contributed by atoms with E-state index in [2.05, 4.69) is 9.84 Å². The molecule has 0 amide bonds. The monoisotopic (exact) mass is 269 g/mol. The molecule has 0 spiro atoms. The third-order valence-electron chi connectivity index (χ3n) is 2.45. The first-order chi connectivity index (χ1) is 9.10. The number of aromatic nitrogens is 2. The van der Waals surface area contributed by atoms with Crippen molar-refractivity contribution >= 4 is 0 Å². The number of nitrogens with one attached hydrogen (secondary N) is 1. The number of nitrogens with zero attached hydrogens (tertiary/aromatic N) is 1. The van der Waals surface area contributed by atoms with Gasteiger partial charge in [0.1, 0.15) is 0 Å². The van der Waals surface area contributed by atoms with Gasteiger partial charge in [0.15, 0.2) is 16.0 Å². The third-order valence-corrected chi connectivity index (χ3v) is 2.45. The molecule has 0 aliphatic rings. The Morgan fingerprint density at radius 1 is 1.21 bits per heavy atom. The summed E-state index contributed by atoms with van der Waals surface area (Å²) in [6.45, 7) is -2.91. The average molecular weight is 269 g/mol. The number of ether oxygens (including phenoxy) is 2. The van der Waals surface area contributed by atoms with Crippen molar-refractivity contribution in [1.29, 1.82) is 0 Å². The van der Waals surface area contributed by atoms with Crippen molar-refractivity contribution in [1.82, 2.24) is 5.10 Å². The molecule has 2 rings (SSSR count). The highest BCUT2D eigenvalue weighted by atomic mass is 19.3. The van der Waals surface area contributed by atoms with Gasteiger partial charge in [-0.2, -0.15) is 8.78 Å². The molecule has 1 aromatic carbocycles. The van der Waals surface area contributed by atoms with E-state index in [0.29, 0.717) is 15.7 Å². The predicted molar refractivity (Wildman–Crippen MR) is 62.8 cm³/mol. The molecule has 0 saturated carbocycles. The van der Waals surface area contributed by atoms with Crippen LogP contribution in [-0.4, -0.2) is 18.8 Å². The van der Waals surface area contributed by atoms with Gasteiger partial charge in [-0.25, -0.2) is 0 Å². The Hall–Kier alpha value is -2.44. The van der Waals surface area contributed by atoms with Gasteiger partial charge in [-0.3, -0.25) is 0 Å². The first-order valence-corrected chi connectivity index (χ1v) is 5.34. The van der Waals surface area contributed by atoms with Gasteiger partial charge in [0.25, 0.3) is 6.20 Å². The lowest BCUT2D eigenvalue weighted by Crippen LogP contribution is -2.16. The summed E-state index contributed by atoms with van der Waals surface area (Å²) in [5, 5.41) is 2.45. The smallest absolute Gasteiger partial charge is 0.387 e. The maximum atomic E-state index is 12.2. The van der Waals surface area contributed by atoms with Crippen LogP contribution >= 0.6 is 0 Å². The number of benzene rings is 1. The fraction of sp³-hybridized carbons (Fsp3) is 0.167. The zero-order valence-corrected chi connectivity index (χ0v) is 9.97. The van der Waals surface area contributed by atoms with Crippen LogP contribution < -0.4 is 14.0 Å². The van der Waals surface area contributed by atoms with Crippen LogP contribution in [0.3, 0.4) is 0 Å². The summed E-state index contributed by atoms with van der Waals surface area (Å²) < 4.78 is 34.2. The summed E-state index contributed by atoms with van der Waals surface area (Å²) in [7, 11) is 1.36. The van der Waals surface area contributed by atoms with Gasteiger partial charge in [0.2, 0.25) is 0 Å². The molecule has 0 aliphatic heterocycles. The molecule has 0 saturated heterocycles. The summed E-state index contributed by atoms with van der Waals surface area (Å²) in [5.74, 6) is 0.150. The molecule has 19 heavy (non-hydrogen) atoms. The predicted octanol–water partition coefficient (Wildman–Crippen LogP) is 2.21. The van der Waals surface area contributed by atoms with Crippen LogP contribution in [0.15, 0.2) is 36.7 Å². The maximum Gasteiger partial charge on any atom is 0.387 e. The largest absolute Gasteiger partial charge is 0.493 e. The Morgan fingerprint density at radius 3 is 2.58 bits per heavy atom. The number of methoxy groups -OCH3 is 1.